The van der Waals surface area contributed by atoms with Crippen molar-refractivity contribution in [3.05, 3.63) is 78.6 Å². The number of aromatic nitrogens is 2. The minimum Gasteiger partial charge on any atom is -0.368 e. The van der Waals surface area contributed by atoms with E-state index in [0.29, 0.717) is 5.56 Å². The van der Waals surface area contributed by atoms with Gasteiger partial charge in [0, 0.05) is 55.5 Å². The Morgan fingerprint density at radius 1 is 0.778 bits per heavy atom. The van der Waals surface area contributed by atoms with Gasteiger partial charge in [-0.2, -0.15) is 0 Å². The summed E-state index contributed by atoms with van der Waals surface area (Å²) in [7, 11) is 0. The average molecular weight is 359 g/mol. The van der Waals surface area contributed by atoms with Crippen molar-refractivity contribution in [3.8, 4) is 0 Å². The standard InChI is InChI=1S/C21H21N5O/c27-20(17-5-2-1-3-6-17)24-18-7-9-19(10-8-18)25-13-15-26(16-14-25)21-22-11-4-12-23-21/h1-12H,13-16H2,(H,24,27). The topological polar surface area (TPSA) is 61.4 Å². The maximum absolute atomic E-state index is 12.2. The number of benzene rings is 2. The van der Waals surface area contributed by atoms with Crippen LogP contribution in [0.15, 0.2) is 73.1 Å². The Bertz CT molecular complexity index is 875. The zero-order chi connectivity index (χ0) is 18.5. The van der Waals surface area contributed by atoms with Crippen LogP contribution in [0.25, 0.3) is 0 Å². The second-order valence-electron chi connectivity index (χ2n) is 6.39. The normalized spacial score (nSPS) is 14.1. The van der Waals surface area contributed by atoms with Gasteiger partial charge >= 0.3 is 0 Å². The maximum atomic E-state index is 12.2. The van der Waals surface area contributed by atoms with Gasteiger partial charge in [0.25, 0.3) is 5.91 Å². The van der Waals surface area contributed by atoms with Gasteiger partial charge in [0.1, 0.15) is 0 Å². The lowest BCUT2D eigenvalue weighted by Crippen LogP contribution is -2.47. The summed E-state index contributed by atoms with van der Waals surface area (Å²) in [6, 6.07) is 19.1. The summed E-state index contributed by atoms with van der Waals surface area (Å²) in [5, 5.41) is 2.93. The highest BCUT2D eigenvalue weighted by molar-refractivity contribution is 6.04. The van der Waals surface area contributed by atoms with Crippen LogP contribution in [0.1, 0.15) is 10.4 Å². The molecular formula is C21H21N5O. The predicted octanol–water partition coefficient (Wildman–Crippen LogP) is 3.06. The predicted molar refractivity (Wildman–Crippen MR) is 107 cm³/mol. The van der Waals surface area contributed by atoms with E-state index in [2.05, 4.69) is 37.2 Å². The lowest BCUT2D eigenvalue weighted by atomic mass is 10.2. The van der Waals surface area contributed by atoms with Gasteiger partial charge in [-0.25, -0.2) is 9.97 Å². The van der Waals surface area contributed by atoms with Gasteiger partial charge in [0.05, 0.1) is 0 Å². The maximum Gasteiger partial charge on any atom is 0.255 e. The Labute approximate surface area is 158 Å². The van der Waals surface area contributed by atoms with E-state index in [4.69, 9.17) is 0 Å². The van der Waals surface area contributed by atoms with Gasteiger partial charge in [-0.1, -0.05) is 18.2 Å². The molecule has 0 atom stereocenters. The largest absolute Gasteiger partial charge is 0.368 e. The fourth-order valence-corrected chi connectivity index (χ4v) is 3.17. The Morgan fingerprint density at radius 3 is 2.07 bits per heavy atom. The highest BCUT2D eigenvalue weighted by Crippen LogP contribution is 2.21. The average Bonchev–Trinajstić information content (AvgIpc) is 2.76. The van der Waals surface area contributed by atoms with E-state index in [0.717, 1.165) is 43.5 Å². The summed E-state index contributed by atoms with van der Waals surface area (Å²) in [6.45, 7) is 3.59. The highest BCUT2D eigenvalue weighted by Gasteiger charge is 2.19. The first-order valence-electron chi connectivity index (χ1n) is 9.03. The van der Waals surface area contributed by atoms with E-state index < -0.39 is 0 Å². The lowest BCUT2D eigenvalue weighted by Gasteiger charge is -2.36. The third-order valence-electron chi connectivity index (χ3n) is 4.64. The number of nitrogens with zero attached hydrogens (tertiary/aromatic N) is 4. The van der Waals surface area contributed by atoms with E-state index in [9.17, 15) is 4.79 Å². The van der Waals surface area contributed by atoms with Crippen LogP contribution in [0.4, 0.5) is 17.3 Å². The third kappa shape index (κ3) is 4.06. The second-order valence-corrected chi connectivity index (χ2v) is 6.39. The first-order valence-corrected chi connectivity index (χ1v) is 9.03. The molecule has 27 heavy (non-hydrogen) atoms. The molecule has 4 rings (SSSR count). The number of hydrogen-bond acceptors (Lipinski definition) is 5. The molecule has 6 heteroatoms. The number of amides is 1. The molecule has 1 N–H and O–H groups in total. The molecule has 0 unspecified atom stereocenters. The Balaban J connectivity index is 1.35. The van der Waals surface area contributed by atoms with Gasteiger partial charge in [-0.3, -0.25) is 4.79 Å². The molecule has 6 nitrogen and oxygen atoms in total. The number of hydrogen-bond donors (Lipinski definition) is 1. The molecule has 2 heterocycles. The molecule has 3 aromatic rings. The number of rotatable bonds is 4. The molecule has 1 amide bonds. The number of piperazine rings is 1. The molecule has 1 saturated heterocycles. The zero-order valence-corrected chi connectivity index (χ0v) is 15.0. The molecule has 0 saturated carbocycles. The van der Waals surface area contributed by atoms with Crippen LogP contribution in [0.5, 0.6) is 0 Å². The Hall–Kier alpha value is -3.41. The van der Waals surface area contributed by atoms with Crippen LogP contribution in [0, 0.1) is 0 Å². The van der Waals surface area contributed by atoms with Crippen LogP contribution in [0.3, 0.4) is 0 Å². The summed E-state index contributed by atoms with van der Waals surface area (Å²) in [5.74, 6) is 0.691. The summed E-state index contributed by atoms with van der Waals surface area (Å²) in [5.41, 5.74) is 2.60. The van der Waals surface area contributed by atoms with Crippen LogP contribution in [-0.2, 0) is 0 Å². The fraction of sp³-hybridized carbons (Fsp3) is 0.190. The van der Waals surface area contributed by atoms with Crippen molar-refractivity contribution in [1.29, 1.82) is 0 Å². The van der Waals surface area contributed by atoms with Crippen LogP contribution in [0.2, 0.25) is 0 Å². The van der Waals surface area contributed by atoms with Crippen LogP contribution in [-0.4, -0.2) is 42.1 Å². The first-order chi connectivity index (χ1) is 13.3. The van der Waals surface area contributed by atoms with E-state index >= 15 is 0 Å². The lowest BCUT2D eigenvalue weighted by molar-refractivity contribution is 0.102. The van der Waals surface area contributed by atoms with E-state index in [-0.39, 0.29) is 5.91 Å². The zero-order valence-electron chi connectivity index (χ0n) is 15.0. The summed E-state index contributed by atoms with van der Waals surface area (Å²) < 4.78 is 0. The summed E-state index contributed by atoms with van der Waals surface area (Å²) >= 11 is 0. The van der Waals surface area contributed by atoms with E-state index in [1.807, 2.05) is 36.4 Å². The van der Waals surface area contributed by atoms with Crippen molar-refractivity contribution in [2.75, 3.05) is 41.3 Å². The SMILES string of the molecule is O=C(Nc1ccc(N2CCN(c3ncccn3)CC2)cc1)c1ccccc1. The molecule has 1 aromatic heterocycles. The van der Waals surface area contributed by atoms with Gasteiger partial charge < -0.3 is 15.1 Å². The summed E-state index contributed by atoms with van der Waals surface area (Å²) in [4.78, 5) is 25.4. The summed E-state index contributed by atoms with van der Waals surface area (Å²) in [6.07, 6.45) is 3.55. The number of carbonyl (C=O) groups is 1. The molecule has 0 bridgehead atoms. The molecule has 1 fully saturated rings. The van der Waals surface area contributed by atoms with Gasteiger partial charge in [-0.05, 0) is 42.5 Å². The Kier molecular flexibility index (Phi) is 4.96. The van der Waals surface area contributed by atoms with Gasteiger partial charge in [0.15, 0.2) is 0 Å². The van der Waals surface area contributed by atoms with Crippen molar-refractivity contribution in [3.63, 3.8) is 0 Å². The molecule has 2 aromatic carbocycles. The molecular weight excluding hydrogens is 338 g/mol. The van der Waals surface area contributed by atoms with Gasteiger partial charge in [0.2, 0.25) is 5.95 Å². The molecule has 0 spiro atoms. The molecule has 1 aliphatic heterocycles. The number of nitrogens with one attached hydrogen (secondary N) is 1. The van der Waals surface area contributed by atoms with Crippen molar-refractivity contribution >= 4 is 23.2 Å². The Morgan fingerprint density at radius 2 is 1.41 bits per heavy atom. The second kappa shape index (κ2) is 7.86. The quantitative estimate of drug-likeness (QED) is 0.776. The monoisotopic (exact) mass is 359 g/mol. The van der Waals surface area contributed by atoms with Gasteiger partial charge in [-0.15, -0.1) is 0 Å². The van der Waals surface area contributed by atoms with E-state index in [1.54, 1.807) is 24.5 Å². The van der Waals surface area contributed by atoms with Crippen LogP contribution >= 0.6 is 0 Å². The van der Waals surface area contributed by atoms with Crippen LogP contribution < -0.4 is 15.1 Å². The number of carbonyl (C=O) groups excluding carboxylic acids is 1. The smallest absolute Gasteiger partial charge is 0.255 e. The molecule has 0 aliphatic carbocycles. The third-order valence-corrected chi connectivity index (χ3v) is 4.64. The number of anilines is 3. The van der Waals surface area contributed by atoms with E-state index in [1.165, 1.54) is 0 Å². The molecule has 1 aliphatic rings. The highest BCUT2D eigenvalue weighted by atomic mass is 16.1. The van der Waals surface area contributed by atoms with Crippen molar-refractivity contribution in [2.45, 2.75) is 0 Å². The minimum absolute atomic E-state index is 0.0974. The minimum atomic E-state index is -0.0974. The van der Waals surface area contributed by atoms with Crippen molar-refractivity contribution in [2.24, 2.45) is 0 Å². The van der Waals surface area contributed by atoms with Crippen molar-refractivity contribution in [1.82, 2.24) is 9.97 Å². The van der Waals surface area contributed by atoms with Crippen molar-refractivity contribution < 1.29 is 4.79 Å². The molecule has 136 valence electrons. The first kappa shape index (κ1) is 17.0. The molecule has 0 radical (unpaired) electrons. The fourth-order valence-electron chi connectivity index (χ4n) is 3.17.